The number of halogens is 4. The van der Waals surface area contributed by atoms with E-state index < -0.39 is 11.7 Å². The van der Waals surface area contributed by atoms with Gasteiger partial charge in [0.05, 0.1) is 11.3 Å². The average Bonchev–Trinajstić information content (AvgIpc) is 2.81. The van der Waals surface area contributed by atoms with E-state index in [9.17, 15) is 13.2 Å². The van der Waals surface area contributed by atoms with Crippen molar-refractivity contribution in [3.05, 3.63) is 57.9 Å². The van der Waals surface area contributed by atoms with Crippen LogP contribution in [0.3, 0.4) is 0 Å². The van der Waals surface area contributed by atoms with E-state index >= 15 is 0 Å². The minimum absolute atomic E-state index is 0.457. The van der Waals surface area contributed by atoms with E-state index in [1.807, 2.05) is 18.3 Å². The number of fused-ring (bicyclic) bond motifs is 1. The SMILES string of the molecule is FC(F)(F)c1cccc(-c2cn3cc(I)ccc3n2)c1. The van der Waals surface area contributed by atoms with Gasteiger partial charge in [-0.1, -0.05) is 12.1 Å². The lowest BCUT2D eigenvalue weighted by Crippen LogP contribution is -2.04. The number of rotatable bonds is 1. The molecule has 0 N–H and O–H groups in total. The van der Waals surface area contributed by atoms with Gasteiger partial charge in [-0.2, -0.15) is 13.2 Å². The number of imidazole rings is 1. The molecule has 3 rings (SSSR count). The van der Waals surface area contributed by atoms with E-state index in [1.54, 1.807) is 16.7 Å². The quantitative estimate of drug-likeness (QED) is 0.556. The van der Waals surface area contributed by atoms with E-state index in [4.69, 9.17) is 0 Å². The molecule has 20 heavy (non-hydrogen) atoms. The Bertz CT molecular complexity index is 777. The van der Waals surface area contributed by atoms with E-state index in [0.717, 1.165) is 15.7 Å². The Hall–Kier alpha value is -1.57. The lowest BCUT2D eigenvalue weighted by Gasteiger charge is -2.07. The van der Waals surface area contributed by atoms with E-state index in [2.05, 4.69) is 27.6 Å². The third kappa shape index (κ3) is 2.52. The van der Waals surface area contributed by atoms with Gasteiger partial charge >= 0.3 is 6.18 Å². The van der Waals surface area contributed by atoms with Crippen molar-refractivity contribution in [2.45, 2.75) is 6.18 Å². The summed E-state index contributed by atoms with van der Waals surface area (Å²) in [5.74, 6) is 0. The highest BCUT2D eigenvalue weighted by Crippen LogP contribution is 2.32. The zero-order valence-corrected chi connectivity index (χ0v) is 12.2. The zero-order valence-electron chi connectivity index (χ0n) is 10.0. The van der Waals surface area contributed by atoms with Crippen molar-refractivity contribution in [3.8, 4) is 11.3 Å². The maximum atomic E-state index is 12.7. The average molecular weight is 388 g/mol. The van der Waals surface area contributed by atoms with Crippen molar-refractivity contribution in [3.63, 3.8) is 0 Å². The lowest BCUT2D eigenvalue weighted by atomic mass is 10.1. The van der Waals surface area contributed by atoms with E-state index in [-0.39, 0.29) is 0 Å². The molecule has 1 aromatic carbocycles. The number of alkyl halides is 3. The molecule has 0 atom stereocenters. The minimum atomic E-state index is -4.34. The van der Waals surface area contributed by atoms with Gasteiger partial charge in [-0.05, 0) is 46.9 Å². The molecule has 0 aliphatic carbocycles. The first-order chi connectivity index (χ1) is 9.43. The molecule has 0 spiro atoms. The molecule has 0 unspecified atom stereocenters. The second-order valence-electron chi connectivity index (χ2n) is 4.32. The van der Waals surface area contributed by atoms with Crippen molar-refractivity contribution in [2.24, 2.45) is 0 Å². The van der Waals surface area contributed by atoms with Crippen molar-refractivity contribution in [2.75, 3.05) is 0 Å². The summed E-state index contributed by atoms with van der Waals surface area (Å²) in [4.78, 5) is 4.34. The monoisotopic (exact) mass is 388 g/mol. The fourth-order valence-corrected chi connectivity index (χ4v) is 2.44. The second-order valence-corrected chi connectivity index (χ2v) is 5.56. The predicted octanol–water partition coefficient (Wildman–Crippen LogP) is 4.62. The third-order valence-corrected chi connectivity index (χ3v) is 3.54. The van der Waals surface area contributed by atoms with Crippen LogP contribution in [0.15, 0.2) is 48.8 Å². The van der Waals surface area contributed by atoms with Gasteiger partial charge in [0.15, 0.2) is 0 Å². The summed E-state index contributed by atoms with van der Waals surface area (Å²) < 4.78 is 41.0. The molecule has 0 amide bonds. The first-order valence-corrected chi connectivity index (χ1v) is 6.83. The number of nitrogens with zero attached hydrogens (tertiary/aromatic N) is 2. The Balaban J connectivity index is 2.11. The molecule has 102 valence electrons. The molecular formula is C14H8F3IN2. The second kappa shape index (κ2) is 4.76. The Morgan fingerprint density at radius 2 is 1.85 bits per heavy atom. The number of hydrogen-bond acceptors (Lipinski definition) is 1. The Morgan fingerprint density at radius 3 is 2.60 bits per heavy atom. The van der Waals surface area contributed by atoms with Crippen molar-refractivity contribution in [1.29, 1.82) is 0 Å². The van der Waals surface area contributed by atoms with Crippen LogP contribution in [-0.4, -0.2) is 9.38 Å². The summed E-state index contributed by atoms with van der Waals surface area (Å²) in [5, 5.41) is 0. The van der Waals surface area contributed by atoms with E-state index in [0.29, 0.717) is 16.9 Å². The minimum Gasteiger partial charge on any atom is -0.305 e. The Morgan fingerprint density at radius 1 is 1.05 bits per heavy atom. The van der Waals surface area contributed by atoms with Gasteiger partial charge in [-0.25, -0.2) is 4.98 Å². The van der Waals surface area contributed by atoms with Crippen molar-refractivity contribution < 1.29 is 13.2 Å². The molecule has 0 saturated heterocycles. The number of hydrogen-bond donors (Lipinski definition) is 0. The van der Waals surface area contributed by atoms with Gasteiger partial charge in [0, 0.05) is 21.5 Å². The lowest BCUT2D eigenvalue weighted by molar-refractivity contribution is -0.137. The molecular weight excluding hydrogens is 380 g/mol. The number of aromatic nitrogens is 2. The normalized spacial score (nSPS) is 12.0. The fourth-order valence-electron chi connectivity index (χ4n) is 1.96. The van der Waals surface area contributed by atoms with Crippen molar-refractivity contribution in [1.82, 2.24) is 9.38 Å². The van der Waals surface area contributed by atoms with Crippen LogP contribution in [0.25, 0.3) is 16.9 Å². The van der Waals surface area contributed by atoms with Crippen LogP contribution in [0.4, 0.5) is 13.2 Å². The molecule has 0 saturated carbocycles. The highest BCUT2D eigenvalue weighted by molar-refractivity contribution is 14.1. The van der Waals surface area contributed by atoms with Gasteiger partial charge in [0.1, 0.15) is 5.65 Å². The van der Waals surface area contributed by atoms with Crippen LogP contribution < -0.4 is 0 Å². The molecule has 6 heteroatoms. The van der Waals surface area contributed by atoms with Crippen molar-refractivity contribution >= 4 is 28.2 Å². The standard InChI is InChI=1S/C14H8F3IN2/c15-14(16,17)10-3-1-2-9(6-10)12-8-20-7-11(18)4-5-13(20)19-12/h1-8H. The van der Waals surface area contributed by atoms with Crippen LogP contribution in [0, 0.1) is 3.57 Å². The number of pyridine rings is 1. The van der Waals surface area contributed by atoms with Crippen LogP contribution in [0.5, 0.6) is 0 Å². The molecule has 0 bridgehead atoms. The highest BCUT2D eigenvalue weighted by Gasteiger charge is 2.30. The summed E-state index contributed by atoms with van der Waals surface area (Å²) in [6.07, 6.45) is -0.739. The smallest absolute Gasteiger partial charge is 0.305 e. The topological polar surface area (TPSA) is 17.3 Å². The van der Waals surface area contributed by atoms with Gasteiger partial charge in [-0.3, -0.25) is 0 Å². The largest absolute Gasteiger partial charge is 0.416 e. The van der Waals surface area contributed by atoms with Crippen LogP contribution in [-0.2, 0) is 6.18 Å². The van der Waals surface area contributed by atoms with Gasteiger partial charge in [0.2, 0.25) is 0 Å². The van der Waals surface area contributed by atoms with Gasteiger partial charge < -0.3 is 4.40 Å². The summed E-state index contributed by atoms with van der Waals surface area (Å²) in [7, 11) is 0. The maximum Gasteiger partial charge on any atom is 0.416 e. The van der Waals surface area contributed by atoms with Crippen LogP contribution in [0.1, 0.15) is 5.56 Å². The van der Waals surface area contributed by atoms with Gasteiger partial charge in [-0.15, -0.1) is 0 Å². The number of benzene rings is 1. The Labute approximate surface area is 126 Å². The maximum absolute atomic E-state index is 12.7. The summed E-state index contributed by atoms with van der Waals surface area (Å²) in [6.45, 7) is 0. The highest BCUT2D eigenvalue weighted by atomic mass is 127. The Kier molecular flexibility index (Phi) is 3.19. The molecule has 0 aliphatic rings. The first kappa shape index (κ1) is 13.4. The van der Waals surface area contributed by atoms with Gasteiger partial charge in [0.25, 0.3) is 0 Å². The van der Waals surface area contributed by atoms with E-state index in [1.165, 1.54) is 6.07 Å². The predicted molar refractivity (Wildman–Crippen MR) is 78.3 cm³/mol. The molecule has 0 fully saturated rings. The molecule has 2 nitrogen and oxygen atoms in total. The molecule has 0 radical (unpaired) electrons. The summed E-state index contributed by atoms with van der Waals surface area (Å²) in [5.41, 5.74) is 1.02. The summed E-state index contributed by atoms with van der Waals surface area (Å²) in [6, 6.07) is 8.93. The first-order valence-electron chi connectivity index (χ1n) is 5.75. The zero-order chi connectivity index (χ0) is 14.3. The summed E-state index contributed by atoms with van der Waals surface area (Å²) >= 11 is 2.17. The third-order valence-electron chi connectivity index (χ3n) is 2.90. The fraction of sp³-hybridized carbons (Fsp3) is 0.0714. The molecule has 0 aliphatic heterocycles. The molecule has 3 aromatic rings. The van der Waals surface area contributed by atoms with Crippen LogP contribution >= 0.6 is 22.6 Å². The van der Waals surface area contributed by atoms with Crippen LogP contribution in [0.2, 0.25) is 0 Å². The molecule has 2 aromatic heterocycles. The molecule has 2 heterocycles.